The number of nitrogens with two attached hydrogens (primary N) is 1. The molecular weight excluding hydrogens is 248 g/mol. The Morgan fingerprint density at radius 3 is 2.45 bits per heavy atom. The van der Waals surface area contributed by atoms with Gasteiger partial charge in [-0.1, -0.05) is 44.2 Å². The maximum atomic E-state index is 6.04. The summed E-state index contributed by atoms with van der Waals surface area (Å²) in [5, 5.41) is 0. The van der Waals surface area contributed by atoms with Crippen molar-refractivity contribution in [1.82, 2.24) is 4.90 Å². The summed E-state index contributed by atoms with van der Waals surface area (Å²) in [4.78, 5) is 2.39. The Bertz CT molecular complexity index is 481. The molecule has 3 nitrogen and oxygen atoms in total. The Labute approximate surface area is 121 Å². The van der Waals surface area contributed by atoms with E-state index < -0.39 is 0 Å². The minimum atomic E-state index is 0.312. The lowest BCUT2D eigenvalue weighted by molar-refractivity contribution is 0.167. The molecule has 0 fully saturated rings. The van der Waals surface area contributed by atoms with Gasteiger partial charge >= 0.3 is 0 Å². The maximum Gasteiger partial charge on any atom is 0.117 e. The fraction of sp³-hybridized carbons (Fsp3) is 0.412. The van der Waals surface area contributed by atoms with Crippen molar-refractivity contribution >= 4 is 0 Å². The minimum absolute atomic E-state index is 0.312. The first kappa shape index (κ1) is 14.8. The maximum absolute atomic E-state index is 6.04. The summed E-state index contributed by atoms with van der Waals surface area (Å²) in [5.74, 6) is 1.39. The lowest BCUT2D eigenvalue weighted by Crippen LogP contribution is -2.43. The molecule has 0 aliphatic heterocycles. The second kappa shape index (κ2) is 7.27. The van der Waals surface area contributed by atoms with Crippen molar-refractivity contribution in [2.75, 3.05) is 13.1 Å². The summed E-state index contributed by atoms with van der Waals surface area (Å²) in [6, 6.07) is 14.8. The third-order valence-corrected chi connectivity index (χ3v) is 3.96. The van der Waals surface area contributed by atoms with Gasteiger partial charge in [-0.05, 0) is 30.2 Å². The van der Waals surface area contributed by atoms with Crippen LogP contribution in [0.3, 0.4) is 0 Å². The van der Waals surface area contributed by atoms with E-state index in [0.29, 0.717) is 18.5 Å². The van der Waals surface area contributed by atoms with Crippen molar-refractivity contribution in [3.05, 3.63) is 60.1 Å². The van der Waals surface area contributed by atoms with Crippen molar-refractivity contribution in [2.24, 2.45) is 5.73 Å². The predicted molar refractivity (Wildman–Crippen MR) is 82.5 cm³/mol. The molecule has 2 atom stereocenters. The van der Waals surface area contributed by atoms with Gasteiger partial charge in [0.15, 0.2) is 0 Å². The molecule has 0 bridgehead atoms. The van der Waals surface area contributed by atoms with Gasteiger partial charge in [-0.25, -0.2) is 0 Å². The van der Waals surface area contributed by atoms with E-state index in [1.165, 1.54) is 5.56 Å². The quantitative estimate of drug-likeness (QED) is 0.841. The fourth-order valence-corrected chi connectivity index (χ4v) is 2.71. The molecule has 0 saturated heterocycles. The summed E-state index contributed by atoms with van der Waals surface area (Å²) in [6.45, 7) is 6.83. The number of nitrogens with zero attached hydrogens (tertiary/aromatic N) is 1. The monoisotopic (exact) mass is 272 g/mol. The Morgan fingerprint density at radius 2 is 1.90 bits per heavy atom. The van der Waals surface area contributed by atoms with E-state index in [4.69, 9.17) is 10.2 Å². The molecule has 0 aliphatic rings. The second-order valence-corrected chi connectivity index (χ2v) is 5.14. The summed E-state index contributed by atoms with van der Waals surface area (Å²) < 4.78 is 5.46. The first-order valence-electron chi connectivity index (χ1n) is 7.27. The number of benzene rings is 1. The Morgan fingerprint density at radius 1 is 1.15 bits per heavy atom. The van der Waals surface area contributed by atoms with Gasteiger partial charge in [0.05, 0.1) is 12.8 Å². The highest BCUT2D eigenvalue weighted by molar-refractivity contribution is 5.20. The molecule has 1 aromatic carbocycles. The van der Waals surface area contributed by atoms with Crippen LogP contribution in [0.2, 0.25) is 0 Å². The van der Waals surface area contributed by atoms with Crippen LogP contribution in [-0.4, -0.2) is 24.0 Å². The smallest absolute Gasteiger partial charge is 0.117 e. The molecular formula is C17H24N2O. The van der Waals surface area contributed by atoms with Crippen LogP contribution >= 0.6 is 0 Å². The fourth-order valence-electron chi connectivity index (χ4n) is 2.71. The van der Waals surface area contributed by atoms with Crippen LogP contribution in [0.1, 0.15) is 31.1 Å². The Balaban J connectivity index is 2.12. The number of furan rings is 1. The van der Waals surface area contributed by atoms with Crippen LogP contribution in [0, 0.1) is 0 Å². The number of rotatable bonds is 7. The predicted octanol–water partition coefficient (Wildman–Crippen LogP) is 3.23. The SMILES string of the molecule is CCN(Cc1ccco1)C(CN)C(C)c1ccccc1. The molecule has 0 spiro atoms. The third kappa shape index (κ3) is 3.50. The van der Waals surface area contributed by atoms with Crippen LogP contribution in [0.15, 0.2) is 53.1 Å². The summed E-state index contributed by atoms with van der Waals surface area (Å²) >= 11 is 0. The third-order valence-electron chi connectivity index (χ3n) is 3.96. The number of likely N-dealkylation sites (N-methyl/N-ethyl adjacent to an activating group) is 1. The van der Waals surface area contributed by atoms with Crippen LogP contribution in [0.25, 0.3) is 0 Å². The average Bonchev–Trinajstić information content (AvgIpc) is 3.00. The van der Waals surface area contributed by atoms with Crippen molar-refractivity contribution in [3.63, 3.8) is 0 Å². The molecule has 1 heterocycles. The number of hydrogen-bond acceptors (Lipinski definition) is 3. The van der Waals surface area contributed by atoms with E-state index in [9.17, 15) is 0 Å². The highest BCUT2D eigenvalue weighted by Gasteiger charge is 2.24. The lowest BCUT2D eigenvalue weighted by Gasteiger charge is -2.34. The van der Waals surface area contributed by atoms with E-state index >= 15 is 0 Å². The van der Waals surface area contributed by atoms with Gasteiger partial charge in [0.25, 0.3) is 0 Å². The Hall–Kier alpha value is -1.58. The van der Waals surface area contributed by atoms with Gasteiger partial charge in [-0.3, -0.25) is 4.90 Å². The zero-order chi connectivity index (χ0) is 14.4. The van der Waals surface area contributed by atoms with Gasteiger partial charge in [0.2, 0.25) is 0 Å². The topological polar surface area (TPSA) is 42.4 Å². The van der Waals surface area contributed by atoms with E-state index in [2.05, 4.69) is 43.0 Å². The van der Waals surface area contributed by atoms with Gasteiger partial charge in [0.1, 0.15) is 5.76 Å². The molecule has 0 radical (unpaired) electrons. The van der Waals surface area contributed by atoms with Crippen molar-refractivity contribution < 1.29 is 4.42 Å². The lowest BCUT2D eigenvalue weighted by atomic mass is 9.92. The van der Waals surface area contributed by atoms with Crippen LogP contribution in [-0.2, 0) is 6.54 Å². The standard InChI is InChI=1S/C17H24N2O/c1-3-19(13-16-10-7-11-20-16)17(12-18)14(2)15-8-5-4-6-9-15/h4-11,14,17H,3,12-13,18H2,1-2H3. The highest BCUT2D eigenvalue weighted by Crippen LogP contribution is 2.23. The normalized spacial score (nSPS) is 14.4. The molecule has 1 aromatic heterocycles. The van der Waals surface area contributed by atoms with Crippen LogP contribution in [0.5, 0.6) is 0 Å². The summed E-state index contributed by atoms with van der Waals surface area (Å²) in [5.41, 5.74) is 7.38. The first-order valence-corrected chi connectivity index (χ1v) is 7.27. The van der Waals surface area contributed by atoms with Crippen LogP contribution in [0.4, 0.5) is 0 Å². The van der Waals surface area contributed by atoms with E-state index in [1.54, 1.807) is 6.26 Å². The second-order valence-electron chi connectivity index (χ2n) is 5.14. The number of hydrogen-bond donors (Lipinski definition) is 1. The van der Waals surface area contributed by atoms with Gasteiger partial charge < -0.3 is 10.2 Å². The molecule has 2 unspecified atom stereocenters. The van der Waals surface area contributed by atoms with Crippen molar-refractivity contribution in [1.29, 1.82) is 0 Å². The van der Waals surface area contributed by atoms with Crippen molar-refractivity contribution in [2.45, 2.75) is 32.4 Å². The molecule has 3 heteroatoms. The summed E-state index contributed by atoms with van der Waals surface area (Å²) in [7, 11) is 0. The minimum Gasteiger partial charge on any atom is -0.468 e. The largest absolute Gasteiger partial charge is 0.468 e. The zero-order valence-electron chi connectivity index (χ0n) is 12.3. The van der Waals surface area contributed by atoms with Crippen LogP contribution < -0.4 is 5.73 Å². The van der Waals surface area contributed by atoms with Gasteiger partial charge in [-0.2, -0.15) is 0 Å². The summed E-state index contributed by atoms with van der Waals surface area (Å²) in [6.07, 6.45) is 1.72. The molecule has 2 N–H and O–H groups in total. The molecule has 108 valence electrons. The molecule has 0 amide bonds. The average molecular weight is 272 g/mol. The molecule has 2 aromatic rings. The molecule has 20 heavy (non-hydrogen) atoms. The van der Waals surface area contributed by atoms with E-state index in [-0.39, 0.29) is 0 Å². The molecule has 0 saturated carbocycles. The zero-order valence-corrected chi connectivity index (χ0v) is 12.3. The van der Waals surface area contributed by atoms with Gasteiger partial charge in [-0.15, -0.1) is 0 Å². The highest BCUT2D eigenvalue weighted by atomic mass is 16.3. The van der Waals surface area contributed by atoms with E-state index in [1.807, 2.05) is 18.2 Å². The molecule has 2 rings (SSSR count). The molecule has 0 aliphatic carbocycles. The van der Waals surface area contributed by atoms with Gasteiger partial charge in [0, 0.05) is 12.6 Å². The first-order chi connectivity index (χ1) is 9.76. The van der Waals surface area contributed by atoms with Crippen molar-refractivity contribution in [3.8, 4) is 0 Å². The Kier molecular flexibility index (Phi) is 5.39. The van der Waals surface area contributed by atoms with E-state index in [0.717, 1.165) is 18.8 Å².